The molecular weight excluding hydrogens is 524 g/mol. The Morgan fingerprint density at radius 3 is 1.95 bits per heavy atom. The third kappa shape index (κ3) is 10.5. The molecule has 1 unspecified atom stereocenters. The van der Waals surface area contributed by atoms with Crippen LogP contribution >= 0.6 is 0 Å². The minimum absolute atomic E-state index is 0.0108. The summed E-state index contributed by atoms with van der Waals surface area (Å²) in [6, 6.07) is 18.4. The van der Waals surface area contributed by atoms with Gasteiger partial charge in [-0.3, -0.25) is 0 Å². The number of halogens is 2. The quantitative estimate of drug-likeness (QED) is 0.233. The van der Waals surface area contributed by atoms with E-state index in [-0.39, 0.29) is 37.8 Å². The van der Waals surface area contributed by atoms with Crippen molar-refractivity contribution < 1.29 is 42.4 Å². The first kappa shape index (κ1) is 30.4. The number of carboxylic acids is 1. The highest BCUT2D eigenvalue weighted by Gasteiger charge is 2.18. The zero-order valence-electron chi connectivity index (χ0n) is 22.3. The van der Waals surface area contributed by atoms with Crippen molar-refractivity contribution >= 4 is 12.1 Å². The smallest absolute Gasteiger partial charge is 0.410 e. The molecule has 0 saturated heterocycles. The minimum Gasteiger partial charge on any atom is -0.494 e. The fraction of sp³-hybridized carbons (Fsp3) is 0.333. The first-order chi connectivity index (χ1) is 19.3. The number of amides is 1. The second-order valence-corrected chi connectivity index (χ2v) is 8.80. The van der Waals surface area contributed by atoms with Crippen LogP contribution in [0.3, 0.4) is 0 Å². The molecule has 0 aromatic heterocycles. The lowest BCUT2D eigenvalue weighted by Crippen LogP contribution is -2.36. The van der Waals surface area contributed by atoms with Crippen molar-refractivity contribution in [1.82, 2.24) is 4.90 Å². The van der Waals surface area contributed by atoms with Crippen molar-refractivity contribution in [3.05, 3.63) is 95.6 Å². The number of carboxylic acid groups (broad SMARTS) is 1. The van der Waals surface area contributed by atoms with Gasteiger partial charge in [0, 0.05) is 19.6 Å². The van der Waals surface area contributed by atoms with Gasteiger partial charge >= 0.3 is 12.1 Å². The summed E-state index contributed by atoms with van der Waals surface area (Å²) >= 11 is 0. The number of aliphatic carboxylic acids is 1. The van der Waals surface area contributed by atoms with E-state index in [2.05, 4.69) is 0 Å². The Morgan fingerprint density at radius 1 is 0.800 bits per heavy atom. The maximum absolute atomic E-state index is 13.2. The summed E-state index contributed by atoms with van der Waals surface area (Å²) in [5.41, 5.74) is 1.44. The van der Waals surface area contributed by atoms with Gasteiger partial charge in [-0.05, 0) is 73.0 Å². The van der Waals surface area contributed by atoms with Crippen LogP contribution in [0.5, 0.6) is 11.5 Å². The summed E-state index contributed by atoms with van der Waals surface area (Å²) in [6.45, 7) is 3.07. The largest absolute Gasteiger partial charge is 0.494 e. The number of carbonyl (C=O) groups excluding carboxylic acids is 1. The van der Waals surface area contributed by atoms with E-state index in [1.807, 2.05) is 0 Å². The van der Waals surface area contributed by atoms with Crippen molar-refractivity contribution in [2.45, 2.75) is 32.5 Å². The minimum atomic E-state index is -1.02. The van der Waals surface area contributed by atoms with Crippen LogP contribution in [0.2, 0.25) is 0 Å². The van der Waals surface area contributed by atoms with E-state index in [1.54, 1.807) is 43.3 Å². The summed E-state index contributed by atoms with van der Waals surface area (Å²) in [6.07, 6.45) is -0.752. The lowest BCUT2D eigenvalue weighted by molar-refractivity contribution is -0.149. The van der Waals surface area contributed by atoms with E-state index in [9.17, 15) is 23.5 Å². The molecule has 8 nitrogen and oxygen atoms in total. The van der Waals surface area contributed by atoms with Gasteiger partial charge in [-0.1, -0.05) is 24.3 Å². The molecule has 0 bridgehead atoms. The Labute approximate surface area is 232 Å². The standard InChI is InChI=1S/C30H33F2NO7/c1-2-37-28(29(34)35)20-22-6-12-26(13-7-22)39-19-17-33(16-3-18-38-27-14-10-25(32)11-15-27)30(36)40-21-23-4-8-24(31)9-5-23/h4-15,28H,2-3,16-21H2,1H3,(H,34,35). The number of benzene rings is 3. The van der Waals surface area contributed by atoms with Crippen LogP contribution in [0.15, 0.2) is 72.8 Å². The van der Waals surface area contributed by atoms with Gasteiger partial charge in [0.15, 0.2) is 6.10 Å². The van der Waals surface area contributed by atoms with E-state index in [0.717, 1.165) is 5.56 Å². The number of rotatable bonds is 16. The summed E-state index contributed by atoms with van der Waals surface area (Å²) in [4.78, 5) is 25.6. The average molecular weight is 558 g/mol. The predicted octanol–water partition coefficient (Wildman–Crippen LogP) is 5.48. The normalized spacial score (nSPS) is 11.5. The van der Waals surface area contributed by atoms with Gasteiger partial charge in [0.25, 0.3) is 0 Å². The molecule has 1 amide bonds. The first-order valence-electron chi connectivity index (χ1n) is 12.9. The highest BCUT2D eigenvalue weighted by Crippen LogP contribution is 2.16. The van der Waals surface area contributed by atoms with Crippen molar-refractivity contribution in [1.29, 1.82) is 0 Å². The monoisotopic (exact) mass is 557 g/mol. The van der Waals surface area contributed by atoms with Gasteiger partial charge in [0.05, 0.1) is 13.2 Å². The number of ether oxygens (including phenoxy) is 4. The van der Waals surface area contributed by atoms with E-state index >= 15 is 0 Å². The molecule has 0 saturated carbocycles. The van der Waals surface area contributed by atoms with Gasteiger partial charge in [-0.2, -0.15) is 0 Å². The molecule has 0 fully saturated rings. The maximum Gasteiger partial charge on any atom is 0.410 e. The van der Waals surface area contributed by atoms with Crippen LogP contribution in [0.25, 0.3) is 0 Å². The predicted molar refractivity (Wildman–Crippen MR) is 143 cm³/mol. The second-order valence-electron chi connectivity index (χ2n) is 8.80. The van der Waals surface area contributed by atoms with E-state index in [0.29, 0.717) is 43.2 Å². The summed E-state index contributed by atoms with van der Waals surface area (Å²) < 4.78 is 48.3. The van der Waals surface area contributed by atoms with Crippen LogP contribution in [-0.2, 0) is 27.3 Å². The van der Waals surface area contributed by atoms with E-state index in [1.165, 1.54) is 41.3 Å². The molecule has 10 heteroatoms. The molecule has 3 rings (SSSR count). The lowest BCUT2D eigenvalue weighted by atomic mass is 10.1. The van der Waals surface area contributed by atoms with Gasteiger partial charge in [-0.25, -0.2) is 18.4 Å². The molecule has 3 aromatic carbocycles. The molecule has 40 heavy (non-hydrogen) atoms. The molecular formula is C30H33F2NO7. The Morgan fingerprint density at radius 2 is 1.35 bits per heavy atom. The van der Waals surface area contributed by atoms with Crippen molar-refractivity contribution in [3.8, 4) is 11.5 Å². The summed E-state index contributed by atoms with van der Waals surface area (Å²) in [5.74, 6) is -0.663. The third-order valence-electron chi connectivity index (χ3n) is 5.81. The van der Waals surface area contributed by atoms with Crippen molar-refractivity contribution in [2.24, 2.45) is 0 Å². The topological polar surface area (TPSA) is 94.5 Å². The Kier molecular flexibility index (Phi) is 12.2. The molecule has 0 heterocycles. The molecule has 1 N–H and O–H groups in total. The van der Waals surface area contributed by atoms with Gasteiger partial charge in [0.2, 0.25) is 0 Å². The molecule has 1 atom stereocenters. The second kappa shape index (κ2) is 16.0. The molecule has 0 spiro atoms. The molecule has 0 aliphatic carbocycles. The fourth-order valence-electron chi connectivity index (χ4n) is 3.72. The molecule has 3 aromatic rings. The van der Waals surface area contributed by atoms with Crippen LogP contribution in [-0.4, -0.2) is 61.1 Å². The fourth-order valence-corrected chi connectivity index (χ4v) is 3.72. The van der Waals surface area contributed by atoms with Crippen molar-refractivity contribution in [2.75, 3.05) is 32.9 Å². The average Bonchev–Trinajstić information content (AvgIpc) is 2.95. The van der Waals surface area contributed by atoms with Gasteiger partial charge in [-0.15, -0.1) is 0 Å². The maximum atomic E-state index is 13.2. The lowest BCUT2D eigenvalue weighted by Gasteiger charge is -2.22. The highest BCUT2D eigenvalue weighted by molar-refractivity contribution is 5.72. The Balaban J connectivity index is 1.51. The van der Waals surface area contributed by atoms with Crippen LogP contribution in [0.4, 0.5) is 13.6 Å². The van der Waals surface area contributed by atoms with Gasteiger partial charge in [0.1, 0.15) is 36.3 Å². The van der Waals surface area contributed by atoms with E-state index in [4.69, 9.17) is 18.9 Å². The number of carbonyl (C=O) groups is 2. The van der Waals surface area contributed by atoms with Crippen LogP contribution in [0.1, 0.15) is 24.5 Å². The van der Waals surface area contributed by atoms with Crippen LogP contribution in [0, 0.1) is 11.6 Å². The summed E-state index contributed by atoms with van der Waals surface area (Å²) in [5, 5.41) is 9.26. The number of hydrogen-bond acceptors (Lipinski definition) is 6. The van der Waals surface area contributed by atoms with Crippen molar-refractivity contribution in [3.63, 3.8) is 0 Å². The Bertz CT molecular complexity index is 1190. The summed E-state index contributed by atoms with van der Waals surface area (Å²) in [7, 11) is 0. The molecule has 0 aliphatic heterocycles. The SMILES string of the molecule is CCOC(Cc1ccc(OCCN(CCCOc2ccc(F)cc2)C(=O)OCc2ccc(F)cc2)cc1)C(=O)O. The third-order valence-corrected chi connectivity index (χ3v) is 5.81. The number of nitrogens with zero attached hydrogens (tertiary/aromatic N) is 1. The molecule has 214 valence electrons. The number of hydrogen-bond donors (Lipinski definition) is 1. The van der Waals surface area contributed by atoms with E-state index < -0.39 is 18.2 Å². The molecule has 0 radical (unpaired) electrons. The molecule has 0 aliphatic rings. The highest BCUT2D eigenvalue weighted by atomic mass is 19.1. The zero-order chi connectivity index (χ0) is 28.7. The van der Waals surface area contributed by atoms with Gasteiger partial charge < -0.3 is 29.0 Å². The van der Waals surface area contributed by atoms with Crippen LogP contribution < -0.4 is 9.47 Å². The zero-order valence-corrected chi connectivity index (χ0v) is 22.3. The first-order valence-corrected chi connectivity index (χ1v) is 12.9. The Hall–Kier alpha value is -4.18.